The Bertz CT molecular complexity index is 3700. The van der Waals surface area contributed by atoms with E-state index in [1.807, 2.05) is 36.4 Å². The molecule has 5 nitrogen and oxygen atoms in total. The number of rotatable bonds is 9. The number of hydrogen-bond donors (Lipinski definition) is 0. The quantitative estimate of drug-likeness (QED) is 0.145. The Labute approximate surface area is 389 Å². The molecule has 67 heavy (non-hydrogen) atoms. The van der Waals surface area contributed by atoms with Gasteiger partial charge in [-0.2, -0.15) is 5.10 Å². The zero-order valence-corrected chi connectivity index (χ0v) is 36.4. The molecule has 9 aromatic carbocycles. The molecule has 0 saturated carbocycles. The Balaban J connectivity index is 0.993. The van der Waals surface area contributed by atoms with Crippen LogP contribution in [0.25, 0.3) is 117 Å². The Morgan fingerprint density at radius 3 is 1.18 bits per heavy atom. The van der Waals surface area contributed by atoms with Crippen molar-refractivity contribution in [3.8, 4) is 101 Å². The highest BCUT2D eigenvalue weighted by molar-refractivity contribution is 6.15. The zero-order valence-electron chi connectivity index (χ0n) is 36.4. The normalized spacial score (nSPS) is 11.3. The third-order valence-corrected chi connectivity index (χ3v) is 12.5. The van der Waals surface area contributed by atoms with Crippen molar-refractivity contribution in [2.75, 3.05) is 0 Å². The maximum atomic E-state index is 5.54. The fraction of sp³-hybridized carbons (Fsp3) is 0. The fourth-order valence-electron chi connectivity index (χ4n) is 9.29. The topological polar surface area (TPSA) is 56.0 Å². The van der Waals surface area contributed by atoms with Crippen LogP contribution >= 0.6 is 0 Å². The van der Waals surface area contributed by atoms with Gasteiger partial charge in [-0.3, -0.25) is 0 Å². The summed E-state index contributed by atoms with van der Waals surface area (Å²) in [7, 11) is 0. The SMILES string of the molecule is c1ccc(-c2cccc(-c3nc(-c4ccccc4)nc(-c4cccc(-c5ccc(-c6c(-c7ccccc7)n7nc(-c8ccccc8)c(-c8ccccc8)c7c7ccccc67)cc5)c4)n3)c2)cc1. The van der Waals surface area contributed by atoms with Crippen LogP contribution in [0.5, 0.6) is 0 Å². The average molecular weight is 856 g/mol. The van der Waals surface area contributed by atoms with Crippen LogP contribution in [0.3, 0.4) is 0 Å². The highest BCUT2D eigenvalue weighted by Gasteiger charge is 2.25. The summed E-state index contributed by atoms with van der Waals surface area (Å²) in [6, 6.07) is 87.0. The molecule has 0 spiro atoms. The third-order valence-electron chi connectivity index (χ3n) is 12.5. The first kappa shape index (κ1) is 39.5. The van der Waals surface area contributed by atoms with Crippen molar-refractivity contribution in [3.05, 3.63) is 249 Å². The standard InChI is InChI=1S/C62H41N5/c1-6-20-42(21-7-1)49-30-18-32-51(40-49)61-63-60(48-28-14-5-15-29-48)64-62(65-61)52-33-19-31-50(41-52)43-36-38-45(39-37-43)55-53-34-16-17-35-54(53)59-56(44-22-8-2-9-23-44)57(46-24-10-3-11-25-46)66-67(59)58(55)47-26-12-4-13-27-47/h1-41H. The molecule has 12 rings (SSSR count). The molecule has 0 aliphatic heterocycles. The highest BCUT2D eigenvalue weighted by atomic mass is 15.2. The molecule has 0 bridgehead atoms. The summed E-state index contributed by atoms with van der Waals surface area (Å²) in [4.78, 5) is 15.2. The summed E-state index contributed by atoms with van der Waals surface area (Å²) >= 11 is 0. The second kappa shape index (κ2) is 17.1. The van der Waals surface area contributed by atoms with Crippen LogP contribution in [0, 0.1) is 0 Å². The molecule has 3 aromatic heterocycles. The van der Waals surface area contributed by atoms with E-state index in [0.717, 1.165) is 100 Å². The average Bonchev–Trinajstić information content (AvgIpc) is 3.83. The van der Waals surface area contributed by atoms with E-state index in [1.54, 1.807) is 0 Å². The molecule has 314 valence electrons. The van der Waals surface area contributed by atoms with E-state index in [4.69, 9.17) is 20.1 Å². The van der Waals surface area contributed by atoms with Gasteiger partial charge in [0.1, 0.15) is 5.69 Å². The van der Waals surface area contributed by atoms with E-state index in [1.165, 1.54) is 0 Å². The predicted molar refractivity (Wildman–Crippen MR) is 275 cm³/mol. The molecule has 0 aliphatic carbocycles. The van der Waals surface area contributed by atoms with E-state index < -0.39 is 0 Å². The first-order valence-electron chi connectivity index (χ1n) is 22.6. The van der Waals surface area contributed by atoms with Crippen LogP contribution in [-0.4, -0.2) is 24.6 Å². The summed E-state index contributed by atoms with van der Waals surface area (Å²) in [5.41, 5.74) is 16.9. The second-order valence-electron chi connectivity index (χ2n) is 16.6. The summed E-state index contributed by atoms with van der Waals surface area (Å²) in [6.07, 6.45) is 0. The van der Waals surface area contributed by atoms with Crippen molar-refractivity contribution in [1.82, 2.24) is 24.6 Å². The highest BCUT2D eigenvalue weighted by Crippen LogP contribution is 2.46. The van der Waals surface area contributed by atoms with Crippen molar-refractivity contribution >= 4 is 16.3 Å². The van der Waals surface area contributed by atoms with E-state index in [2.05, 4.69) is 217 Å². The smallest absolute Gasteiger partial charge is 0.164 e. The molecule has 0 aliphatic rings. The first-order valence-corrected chi connectivity index (χ1v) is 22.6. The van der Waals surface area contributed by atoms with Crippen LogP contribution in [0.4, 0.5) is 0 Å². The molecule has 0 atom stereocenters. The Morgan fingerprint density at radius 1 is 0.254 bits per heavy atom. The molecular weight excluding hydrogens is 815 g/mol. The minimum Gasteiger partial charge on any atom is -0.231 e. The van der Waals surface area contributed by atoms with Crippen LogP contribution in [-0.2, 0) is 0 Å². The number of hydrogen-bond acceptors (Lipinski definition) is 4. The van der Waals surface area contributed by atoms with Crippen molar-refractivity contribution in [1.29, 1.82) is 0 Å². The van der Waals surface area contributed by atoms with Gasteiger partial charge in [0.25, 0.3) is 0 Å². The Hall–Kier alpha value is -9.06. The summed E-state index contributed by atoms with van der Waals surface area (Å²) < 4.78 is 2.19. The Morgan fingerprint density at radius 2 is 0.627 bits per heavy atom. The number of nitrogens with zero attached hydrogens (tertiary/aromatic N) is 5. The summed E-state index contributed by atoms with van der Waals surface area (Å²) in [5, 5.41) is 7.85. The van der Waals surface area contributed by atoms with Crippen LogP contribution < -0.4 is 0 Å². The maximum Gasteiger partial charge on any atom is 0.164 e. The molecule has 5 heteroatoms. The fourth-order valence-corrected chi connectivity index (χ4v) is 9.29. The van der Waals surface area contributed by atoms with Crippen LogP contribution in [0.2, 0.25) is 0 Å². The summed E-state index contributed by atoms with van der Waals surface area (Å²) in [5.74, 6) is 1.87. The van der Waals surface area contributed by atoms with Gasteiger partial charge in [-0.1, -0.05) is 237 Å². The lowest BCUT2D eigenvalue weighted by atomic mass is 9.90. The lowest BCUT2D eigenvalue weighted by Gasteiger charge is -2.18. The summed E-state index contributed by atoms with van der Waals surface area (Å²) in [6.45, 7) is 0. The van der Waals surface area contributed by atoms with Gasteiger partial charge in [0.05, 0.1) is 11.2 Å². The zero-order chi connectivity index (χ0) is 44.5. The molecule has 0 saturated heterocycles. The monoisotopic (exact) mass is 855 g/mol. The minimum absolute atomic E-state index is 0.615. The second-order valence-corrected chi connectivity index (χ2v) is 16.6. The Kier molecular flexibility index (Phi) is 10.1. The predicted octanol–water partition coefficient (Wildman–Crippen LogP) is 15.7. The lowest BCUT2D eigenvalue weighted by molar-refractivity contribution is 0.981. The van der Waals surface area contributed by atoms with Gasteiger partial charge in [0.2, 0.25) is 0 Å². The first-order chi connectivity index (χ1) is 33.2. The molecule has 3 heterocycles. The van der Waals surface area contributed by atoms with Gasteiger partial charge in [-0.25, -0.2) is 19.5 Å². The molecule has 0 N–H and O–H groups in total. The number of aromatic nitrogens is 5. The molecule has 0 radical (unpaired) electrons. The van der Waals surface area contributed by atoms with Gasteiger partial charge in [-0.15, -0.1) is 0 Å². The van der Waals surface area contributed by atoms with Crippen molar-refractivity contribution in [2.24, 2.45) is 0 Å². The molecule has 12 aromatic rings. The van der Waals surface area contributed by atoms with Crippen molar-refractivity contribution in [3.63, 3.8) is 0 Å². The van der Waals surface area contributed by atoms with Gasteiger partial charge < -0.3 is 0 Å². The van der Waals surface area contributed by atoms with E-state index in [-0.39, 0.29) is 0 Å². The number of fused-ring (bicyclic) bond motifs is 3. The van der Waals surface area contributed by atoms with Gasteiger partial charge in [0.15, 0.2) is 17.5 Å². The van der Waals surface area contributed by atoms with Crippen molar-refractivity contribution < 1.29 is 0 Å². The van der Waals surface area contributed by atoms with E-state index >= 15 is 0 Å². The number of pyridine rings is 1. The van der Waals surface area contributed by atoms with Gasteiger partial charge in [0, 0.05) is 44.3 Å². The van der Waals surface area contributed by atoms with E-state index in [9.17, 15) is 0 Å². The molecule has 0 amide bonds. The third kappa shape index (κ3) is 7.44. The molecular formula is C62H41N5. The minimum atomic E-state index is 0.615. The molecule has 0 unspecified atom stereocenters. The van der Waals surface area contributed by atoms with Gasteiger partial charge in [-0.05, 0) is 50.9 Å². The largest absolute Gasteiger partial charge is 0.231 e. The van der Waals surface area contributed by atoms with Gasteiger partial charge >= 0.3 is 0 Å². The molecule has 0 fully saturated rings. The van der Waals surface area contributed by atoms with Crippen LogP contribution in [0.1, 0.15) is 0 Å². The van der Waals surface area contributed by atoms with Crippen LogP contribution in [0.15, 0.2) is 249 Å². The lowest BCUT2D eigenvalue weighted by Crippen LogP contribution is -2.00. The van der Waals surface area contributed by atoms with Crippen molar-refractivity contribution in [2.45, 2.75) is 0 Å². The maximum absolute atomic E-state index is 5.54. The number of benzene rings is 9. The van der Waals surface area contributed by atoms with E-state index in [0.29, 0.717) is 17.5 Å².